The van der Waals surface area contributed by atoms with E-state index in [1.54, 1.807) is 0 Å². The molecule has 0 aliphatic heterocycles. The number of hydrogen-bond acceptors (Lipinski definition) is 4. The van der Waals surface area contributed by atoms with Crippen LogP contribution in [0.4, 0.5) is 4.39 Å². The van der Waals surface area contributed by atoms with E-state index in [1.165, 1.54) is 26.4 Å². The van der Waals surface area contributed by atoms with Gasteiger partial charge in [0.1, 0.15) is 11.6 Å². The fourth-order valence-corrected chi connectivity index (χ4v) is 1.29. The van der Waals surface area contributed by atoms with Crippen LogP contribution in [-0.2, 0) is 16.0 Å². The van der Waals surface area contributed by atoms with E-state index in [9.17, 15) is 14.0 Å². The minimum absolute atomic E-state index is 0.0268. The lowest BCUT2D eigenvalue weighted by atomic mass is 10.1. The molecule has 0 bridgehead atoms. The van der Waals surface area contributed by atoms with Crippen molar-refractivity contribution in [2.45, 2.75) is 6.42 Å². The van der Waals surface area contributed by atoms with Crippen LogP contribution in [0.3, 0.4) is 0 Å². The number of hydrogen-bond donors (Lipinski definition) is 0. The summed E-state index contributed by atoms with van der Waals surface area (Å²) in [7, 11) is 2.56. The van der Waals surface area contributed by atoms with Crippen molar-refractivity contribution < 1.29 is 23.5 Å². The van der Waals surface area contributed by atoms with Crippen molar-refractivity contribution in [2.75, 3.05) is 14.2 Å². The fourth-order valence-electron chi connectivity index (χ4n) is 1.29. The van der Waals surface area contributed by atoms with Gasteiger partial charge in [0, 0.05) is 5.56 Å². The van der Waals surface area contributed by atoms with Gasteiger partial charge >= 0.3 is 5.97 Å². The first kappa shape index (κ1) is 12.2. The Labute approximate surface area is 92.0 Å². The lowest BCUT2D eigenvalue weighted by molar-refractivity contribution is -0.139. The number of ether oxygens (including phenoxy) is 2. The van der Waals surface area contributed by atoms with Crippen LogP contribution in [0.2, 0.25) is 0 Å². The lowest BCUT2D eigenvalue weighted by Crippen LogP contribution is -2.09. The van der Waals surface area contributed by atoms with Gasteiger partial charge in [-0.2, -0.15) is 0 Å². The van der Waals surface area contributed by atoms with E-state index < -0.39 is 11.8 Å². The van der Waals surface area contributed by atoms with Crippen LogP contribution in [0.5, 0.6) is 5.75 Å². The summed E-state index contributed by atoms with van der Waals surface area (Å²) >= 11 is 0. The van der Waals surface area contributed by atoms with Crippen LogP contribution in [0.25, 0.3) is 0 Å². The molecule has 0 unspecified atom stereocenters. The SMILES string of the molecule is COC(=O)Cc1c(OC)ccc(C=O)c1F. The largest absolute Gasteiger partial charge is 0.496 e. The highest BCUT2D eigenvalue weighted by atomic mass is 19.1. The number of halogens is 1. The topological polar surface area (TPSA) is 52.6 Å². The summed E-state index contributed by atoms with van der Waals surface area (Å²) in [5, 5.41) is 0. The van der Waals surface area contributed by atoms with Crippen LogP contribution in [0, 0.1) is 5.82 Å². The van der Waals surface area contributed by atoms with Crippen LogP contribution < -0.4 is 4.74 Å². The molecular weight excluding hydrogens is 215 g/mol. The van der Waals surface area contributed by atoms with Crippen molar-refractivity contribution in [3.8, 4) is 5.75 Å². The lowest BCUT2D eigenvalue weighted by Gasteiger charge is -2.09. The van der Waals surface area contributed by atoms with Crippen LogP contribution in [-0.4, -0.2) is 26.5 Å². The predicted molar refractivity (Wildman–Crippen MR) is 54.1 cm³/mol. The third-order valence-corrected chi connectivity index (χ3v) is 2.13. The summed E-state index contributed by atoms with van der Waals surface area (Å²) in [5.74, 6) is -1.13. The maximum Gasteiger partial charge on any atom is 0.310 e. The van der Waals surface area contributed by atoms with E-state index in [2.05, 4.69) is 4.74 Å². The maximum absolute atomic E-state index is 13.7. The Balaban J connectivity index is 3.20. The Hall–Kier alpha value is -1.91. The van der Waals surface area contributed by atoms with Crippen molar-refractivity contribution in [2.24, 2.45) is 0 Å². The van der Waals surface area contributed by atoms with E-state index in [-0.39, 0.29) is 23.3 Å². The second-order valence-electron chi connectivity index (χ2n) is 3.02. The molecule has 0 spiro atoms. The Morgan fingerprint density at radius 1 is 1.44 bits per heavy atom. The van der Waals surface area contributed by atoms with E-state index in [0.29, 0.717) is 6.29 Å². The Bertz CT molecular complexity index is 415. The third kappa shape index (κ3) is 2.36. The molecule has 86 valence electrons. The average molecular weight is 226 g/mol. The molecule has 0 fully saturated rings. The van der Waals surface area contributed by atoms with Crippen LogP contribution in [0.15, 0.2) is 12.1 Å². The molecule has 1 rings (SSSR count). The number of methoxy groups -OCH3 is 2. The molecule has 5 heteroatoms. The van der Waals surface area contributed by atoms with Gasteiger partial charge < -0.3 is 9.47 Å². The zero-order valence-corrected chi connectivity index (χ0v) is 8.95. The van der Waals surface area contributed by atoms with Crippen molar-refractivity contribution in [1.82, 2.24) is 0 Å². The van der Waals surface area contributed by atoms with E-state index >= 15 is 0 Å². The number of rotatable bonds is 4. The average Bonchev–Trinajstić information content (AvgIpc) is 2.31. The molecule has 0 amide bonds. The minimum atomic E-state index is -0.750. The highest BCUT2D eigenvalue weighted by Crippen LogP contribution is 2.24. The molecule has 4 nitrogen and oxygen atoms in total. The summed E-state index contributed by atoms with van der Waals surface area (Å²) in [4.78, 5) is 21.6. The number of aldehydes is 1. The summed E-state index contributed by atoms with van der Waals surface area (Å²) in [6, 6.07) is 2.73. The first-order valence-electron chi connectivity index (χ1n) is 4.51. The van der Waals surface area contributed by atoms with Crippen molar-refractivity contribution in [3.05, 3.63) is 29.1 Å². The molecule has 0 radical (unpaired) electrons. The van der Waals surface area contributed by atoms with Gasteiger partial charge in [-0.25, -0.2) is 4.39 Å². The molecule has 1 aromatic rings. The first-order valence-corrected chi connectivity index (χ1v) is 4.51. The normalized spacial score (nSPS) is 9.69. The first-order chi connectivity index (χ1) is 7.63. The molecule has 0 atom stereocenters. The number of esters is 1. The Morgan fingerprint density at radius 2 is 2.12 bits per heavy atom. The van der Waals surface area contributed by atoms with Gasteiger partial charge in [-0.1, -0.05) is 0 Å². The summed E-state index contributed by atoms with van der Waals surface area (Å²) in [6.07, 6.45) is 0.114. The van der Waals surface area contributed by atoms with Crippen LogP contribution >= 0.6 is 0 Å². The molecular formula is C11H11FO4. The summed E-state index contributed by atoms with van der Waals surface area (Å²) in [5.41, 5.74) is -0.0846. The molecule has 1 aromatic carbocycles. The molecule has 0 aliphatic rings. The van der Waals surface area contributed by atoms with E-state index in [1.807, 2.05) is 0 Å². The highest BCUT2D eigenvalue weighted by Gasteiger charge is 2.17. The quantitative estimate of drug-likeness (QED) is 0.574. The molecule has 0 N–H and O–H groups in total. The number of benzene rings is 1. The van der Waals surface area contributed by atoms with E-state index in [0.717, 1.165) is 0 Å². The van der Waals surface area contributed by atoms with Crippen molar-refractivity contribution in [1.29, 1.82) is 0 Å². The monoisotopic (exact) mass is 226 g/mol. The van der Waals surface area contributed by atoms with Crippen LogP contribution in [0.1, 0.15) is 15.9 Å². The zero-order valence-electron chi connectivity index (χ0n) is 8.95. The molecule has 16 heavy (non-hydrogen) atoms. The summed E-state index contributed by atoms with van der Waals surface area (Å²) < 4.78 is 23.0. The van der Waals surface area contributed by atoms with E-state index in [4.69, 9.17) is 4.74 Å². The molecule has 0 saturated carbocycles. The van der Waals surface area contributed by atoms with Crippen molar-refractivity contribution in [3.63, 3.8) is 0 Å². The maximum atomic E-state index is 13.7. The molecule has 0 heterocycles. The second-order valence-corrected chi connectivity index (χ2v) is 3.02. The standard InChI is InChI=1S/C11H11FO4/c1-15-9-4-3-7(6-13)11(12)8(9)5-10(14)16-2/h3-4,6H,5H2,1-2H3. The van der Waals surface area contributed by atoms with Gasteiger partial charge in [-0.3, -0.25) is 9.59 Å². The zero-order chi connectivity index (χ0) is 12.1. The third-order valence-electron chi connectivity index (χ3n) is 2.13. The van der Waals surface area contributed by atoms with Gasteiger partial charge in [-0.05, 0) is 12.1 Å². The minimum Gasteiger partial charge on any atom is -0.496 e. The molecule has 0 aromatic heterocycles. The van der Waals surface area contributed by atoms with Gasteiger partial charge in [0.15, 0.2) is 6.29 Å². The Kier molecular flexibility index (Phi) is 3.99. The number of carbonyl (C=O) groups excluding carboxylic acids is 2. The fraction of sp³-hybridized carbons (Fsp3) is 0.273. The van der Waals surface area contributed by atoms with Gasteiger partial charge in [0.25, 0.3) is 0 Å². The smallest absolute Gasteiger partial charge is 0.310 e. The van der Waals surface area contributed by atoms with Crippen molar-refractivity contribution >= 4 is 12.3 Å². The van der Waals surface area contributed by atoms with Gasteiger partial charge in [0.05, 0.1) is 26.2 Å². The molecule has 0 aliphatic carbocycles. The predicted octanol–water partition coefficient (Wildman–Crippen LogP) is 1.36. The molecule has 0 saturated heterocycles. The number of carbonyl (C=O) groups is 2. The highest BCUT2D eigenvalue weighted by molar-refractivity contribution is 5.79. The Morgan fingerprint density at radius 3 is 2.62 bits per heavy atom. The van der Waals surface area contributed by atoms with Gasteiger partial charge in [-0.15, -0.1) is 0 Å². The van der Waals surface area contributed by atoms with Gasteiger partial charge in [0.2, 0.25) is 0 Å². The second kappa shape index (κ2) is 5.25. The summed E-state index contributed by atoms with van der Waals surface area (Å²) in [6.45, 7) is 0.